The van der Waals surface area contributed by atoms with E-state index in [1.165, 1.54) is 18.2 Å². The van der Waals surface area contributed by atoms with Gasteiger partial charge in [-0.25, -0.2) is 13.1 Å². The van der Waals surface area contributed by atoms with E-state index in [0.29, 0.717) is 25.9 Å². The maximum atomic E-state index is 12.9. The number of piperidine rings is 1. The minimum Gasteiger partial charge on any atom is -0.317 e. The van der Waals surface area contributed by atoms with Crippen LogP contribution in [-0.4, -0.2) is 27.5 Å². The van der Waals surface area contributed by atoms with Gasteiger partial charge < -0.3 is 5.32 Å². The molecule has 1 aromatic rings. The highest BCUT2D eigenvalue weighted by Crippen LogP contribution is 2.32. The third-order valence-corrected chi connectivity index (χ3v) is 4.74. The van der Waals surface area contributed by atoms with Crippen LogP contribution >= 0.6 is 0 Å². The van der Waals surface area contributed by atoms with Crippen molar-refractivity contribution in [2.24, 2.45) is 0 Å². The van der Waals surface area contributed by atoms with E-state index in [0.717, 1.165) is 6.07 Å². The van der Waals surface area contributed by atoms with Crippen LogP contribution in [0.25, 0.3) is 0 Å². The first-order valence-electron chi connectivity index (χ1n) is 6.64. The summed E-state index contributed by atoms with van der Waals surface area (Å²) in [6.45, 7) is 1.40. The maximum Gasteiger partial charge on any atom is 0.416 e. The SMILES string of the molecule is O=S(=O)(Cc1ccccc1C(F)(F)F)NC1CCNCC1. The number of alkyl halides is 3. The minimum absolute atomic E-state index is 0.214. The molecule has 0 saturated carbocycles. The molecular weight excluding hydrogens is 305 g/mol. The van der Waals surface area contributed by atoms with Gasteiger partial charge in [0.1, 0.15) is 0 Å². The summed E-state index contributed by atoms with van der Waals surface area (Å²) in [4.78, 5) is 0. The molecule has 1 aromatic carbocycles. The third-order valence-electron chi connectivity index (χ3n) is 3.35. The molecule has 0 atom stereocenters. The van der Waals surface area contributed by atoms with E-state index in [-0.39, 0.29) is 11.6 Å². The smallest absolute Gasteiger partial charge is 0.317 e. The Kier molecular flexibility index (Phi) is 4.90. The van der Waals surface area contributed by atoms with Crippen molar-refractivity contribution in [1.82, 2.24) is 10.0 Å². The van der Waals surface area contributed by atoms with E-state index in [9.17, 15) is 21.6 Å². The van der Waals surface area contributed by atoms with Gasteiger partial charge in [0.05, 0.1) is 11.3 Å². The molecule has 1 saturated heterocycles. The second-order valence-corrected chi connectivity index (χ2v) is 6.81. The number of rotatable bonds is 4. The minimum atomic E-state index is -4.55. The highest BCUT2D eigenvalue weighted by atomic mass is 32.2. The van der Waals surface area contributed by atoms with Crippen LogP contribution in [0.3, 0.4) is 0 Å². The first-order valence-corrected chi connectivity index (χ1v) is 8.29. The lowest BCUT2D eigenvalue weighted by molar-refractivity contribution is -0.138. The van der Waals surface area contributed by atoms with Crippen LogP contribution in [0.2, 0.25) is 0 Å². The molecule has 118 valence electrons. The van der Waals surface area contributed by atoms with Gasteiger partial charge in [0.25, 0.3) is 0 Å². The average molecular weight is 322 g/mol. The molecule has 0 unspecified atom stereocenters. The Morgan fingerprint density at radius 3 is 2.43 bits per heavy atom. The van der Waals surface area contributed by atoms with Gasteiger partial charge in [-0.3, -0.25) is 0 Å². The summed E-state index contributed by atoms with van der Waals surface area (Å²) in [5, 5.41) is 3.10. The molecule has 0 spiro atoms. The topological polar surface area (TPSA) is 58.2 Å². The third kappa shape index (κ3) is 4.69. The van der Waals surface area contributed by atoms with E-state index in [2.05, 4.69) is 10.0 Å². The number of hydrogen-bond donors (Lipinski definition) is 2. The molecule has 0 amide bonds. The van der Waals surface area contributed by atoms with E-state index in [4.69, 9.17) is 0 Å². The average Bonchev–Trinajstić information content (AvgIpc) is 2.38. The van der Waals surface area contributed by atoms with Gasteiger partial charge in [-0.1, -0.05) is 18.2 Å². The fourth-order valence-corrected chi connectivity index (χ4v) is 3.85. The molecular formula is C13H17F3N2O2S. The second kappa shape index (κ2) is 6.33. The Balaban J connectivity index is 2.13. The summed E-state index contributed by atoms with van der Waals surface area (Å²) >= 11 is 0. The molecule has 21 heavy (non-hydrogen) atoms. The highest BCUT2D eigenvalue weighted by Gasteiger charge is 2.34. The van der Waals surface area contributed by atoms with Crippen molar-refractivity contribution in [2.75, 3.05) is 13.1 Å². The number of halogens is 3. The molecule has 0 radical (unpaired) electrons. The van der Waals surface area contributed by atoms with Crippen molar-refractivity contribution in [1.29, 1.82) is 0 Å². The maximum absolute atomic E-state index is 12.9. The van der Waals surface area contributed by atoms with E-state index in [1.807, 2.05) is 0 Å². The Bertz CT molecular complexity index is 581. The monoisotopic (exact) mass is 322 g/mol. The van der Waals surface area contributed by atoms with E-state index < -0.39 is 27.5 Å². The van der Waals surface area contributed by atoms with Gasteiger partial charge >= 0.3 is 6.18 Å². The predicted octanol–water partition coefficient (Wildman–Crippen LogP) is 1.88. The zero-order valence-electron chi connectivity index (χ0n) is 11.3. The summed E-state index contributed by atoms with van der Waals surface area (Å²) in [5.74, 6) is -0.660. The highest BCUT2D eigenvalue weighted by molar-refractivity contribution is 7.88. The van der Waals surface area contributed by atoms with Crippen molar-refractivity contribution in [3.8, 4) is 0 Å². The first kappa shape index (κ1) is 16.3. The van der Waals surface area contributed by atoms with Crippen LogP contribution < -0.4 is 10.0 Å². The fraction of sp³-hybridized carbons (Fsp3) is 0.538. The summed E-state index contributed by atoms with van der Waals surface area (Å²) in [7, 11) is -3.79. The molecule has 1 aliphatic heterocycles. The lowest BCUT2D eigenvalue weighted by Gasteiger charge is -2.23. The van der Waals surface area contributed by atoms with Crippen LogP contribution in [0.5, 0.6) is 0 Å². The van der Waals surface area contributed by atoms with Crippen molar-refractivity contribution in [3.63, 3.8) is 0 Å². The molecule has 2 rings (SSSR count). The Morgan fingerprint density at radius 2 is 1.81 bits per heavy atom. The summed E-state index contributed by atoms with van der Waals surface area (Å²) in [6, 6.07) is 4.54. The van der Waals surface area contributed by atoms with Gasteiger partial charge in [0.15, 0.2) is 0 Å². The molecule has 4 nitrogen and oxygen atoms in total. The van der Waals surface area contributed by atoms with Gasteiger partial charge in [-0.15, -0.1) is 0 Å². The number of nitrogens with one attached hydrogen (secondary N) is 2. The quantitative estimate of drug-likeness (QED) is 0.890. The summed E-state index contributed by atoms with van der Waals surface area (Å²) in [6.07, 6.45) is -3.28. The van der Waals surface area contributed by atoms with Gasteiger partial charge in [-0.2, -0.15) is 13.2 Å². The van der Waals surface area contributed by atoms with Crippen LogP contribution in [0, 0.1) is 0 Å². The number of hydrogen-bond acceptors (Lipinski definition) is 3. The molecule has 1 aliphatic rings. The fourth-order valence-electron chi connectivity index (χ4n) is 2.36. The van der Waals surface area contributed by atoms with E-state index in [1.54, 1.807) is 0 Å². The lowest BCUT2D eigenvalue weighted by Crippen LogP contribution is -2.43. The van der Waals surface area contributed by atoms with Crippen LogP contribution in [-0.2, 0) is 22.0 Å². The summed E-state index contributed by atoms with van der Waals surface area (Å²) in [5.41, 5.74) is -1.13. The molecule has 0 aromatic heterocycles. The van der Waals surface area contributed by atoms with Crippen molar-refractivity contribution >= 4 is 10.0 Å². The predicted molar refractivity (Wildman–Crippen MR) is 73.1 cm³/mol. The molecule has 1 fully saturated rings. The standard InChI is InChI=1S/C13H17F3N2O2S/c14-13(15,16)12-4-2-1-3-10(12)9-21(19,20)18-11-5-7-17-8-6-11/h1-4,11,17-18H,5-9H2. The molecule has 0 aliphatic carbocycles. The molecule has 0 bridgehead atoms. The molecule has 2 N–H and O–H groups in total. The Hall–Kier alpha value is -1.12. The Labute approximate surface area is 121 Å². The van der Waals surface area contributed by atoms with Gasteiger partial charge in [-0.05, 0) is 37.6 Å². The van der Waals surface area contributed by atoms with Crippen LogP contribution in [0.1, 0.15) is 24.0 Å². The van der Waals surface area contributed by atoms with Crippen molar-refractivity contribution < 1.29 is 21.6 Å². The largest absolute Gasteiger partial charge is 0.416 e. The Morgan fingerprint density at radius 1 is 1.19 bits per heavy atom. The van der Waals surface area contributed by atoms with Crippen molar-refractivity contribution in [2.45, 2.75) is 30.8 Å². The first-order chi connectivity index (χ1) is 9.78. The van der Waals surface area contributed by atoms with Crippen molar-refractivity contribution in [3.05, 3.63) is 35.4 Å². The number of benzene rings is 1. The molecule has 8 heteroatoms. The van der Waals surface area contributed by atoms with Gasteiger partial charge in [0, 0.05) is 6.04 Å². The van der Waals surface area contributed by atoms with Gasteiger partial charge in [0.2, 0.25) is 10.0 Å². The zero-order chi connectivity index (χ0) is 15.5. The number of sulfonamides is 1. The van der Waals surface area contributed by atoms with E-state index >= 15 is 0 Å². The lowest BCUT2D eigenvalue weighted by atomic mass is 10.1. The van der Waals surface area contributed by atoms with Crippen LogP contribution in [0.15, 0.2) is 24.3 Å². The second-order valence-electron chi connectivity index (χ2n) is 5.06. The van der Waals surface area contributed by atoms with Crippen LogP contribution in [0.4, 0.5) is 13.2 Å². The molecule has 1 heterocycles. The zero-order valence-corrected chi connectivity index (χ0v) is 12.1. The normalized spacial score (nSPS) is 17.9. The summed E-state index contributed by atoms with van der Waals surface area (Å²) < 4.78 is 65.2.